The van der Waals surface area contributed by atoms with E-state index in [2.05, 4.69) is 40.4 Å². The van der Waals surface area contributed by atoms with Gasteiger partial charge >= 0.3 is 0 Å². The highest BCUT2D eigenvalue weighted by Gasteiger charge is 2.38. The summed E-state index contributed by atoms with van der Waals surface area (Å²) in [6.45, 7) is 15.8. The average Bonchev–Trinajstić information content (AvgIpc) is 2.63. The highest BCUT2D eigenvalue weighted by molar-refractivity contribution is 6.74. The number of methoxy groups -OCH3 is 1. The Kier molecular flexibility index (Phi) is 10.1. The van der Waals surface area contributed by atoms with E-state index in [4.69, 9.17) is 18.6 Å². The number of ketones is 1. The maximum atomic E-state index is 12.4. The van der Waals surface area contributed by atoms with Crippen LogP contribution in [0.1, 0.15) is 32.8 Å². The zero-order valence-corrected chi connectivity index (χ0v) is 19.2. The molecule has 0 aliphatic heterocycles. The van der Waals surface area contributed by atoms with Crippen LogP contribution in [0.15, 0.2) is 36.9 Å². The van der Waals surface area contributed by atoms with Crippen molar-refractivity contribution < 1.29 is 23.4 Å². The average molecular weight is 409 g/mol. The summed E-state index contributed by atoms with van der Waals surface area (Å²) in [7, 11) is -0.281. The maximum absolute atomic E-state index is 12.4. The molecule has 0 saturated heterocycles. The van der Waals surface area contributed by atoms with Gasteiger partial charge in [0.15, 0.2) is 8.32 Å². The number of ether oxygens (including phenoxy) is 3. The number of allylic oxidation sites excluding steroid dienone is 1. The molecule has 0 saturated carbocycles. The Balaban J connectivity index is 2.46. The third-order valence-electron chi connectivity index (χ3n) is 5.17. The second-order valence-corrected chi connectivity index (χ2v) is 13.2. The molecule has 0 bridgehead atoms. The highest BCUT2D eigenvalue weighted by Crippen LogP contribution is 2.36. The fourth-order valence-corrected chi connectivity index (χ4v) is 3.25. The van der Waals surface area contributed by atoms with Crippen molar-refractivity contribution in [3.05, 3.63) is 42.5 Å². The molecule has 158 valence electrons. The molecule has 5 nitrogen and oxygen atoms in total. The molecule has 1 atom stereocenters. The Labute approximate surface area is 171 Å². The number of Topliss-reactive ketones (excluding diaryl/α,β-unsaturated/α-hetero) is 1. The van der Waals surface area contributed by atoms with E-state index in [9.17, 15) is 4.79 Å². The molecule has 0 N–H and O–H groups in total. The molecule has 0 heterocycles. The van der Waals surface area contributed by atoms with E-state index in [0.717, 1.165) is 11.3 Å². The summed E-state index contributed by atoms with van der Waals surface area (Å²) in [5.41, 5.74) is 1.03. The molecule has 1 rings (SSSR count). The van der Waals surface area contributed by atoms with Gasteiger partial charge in [0.2, 0.25) is 0 Å². The topological polar surface area (TPSA) is 54.0 Å². The summed E-state index contributed by atoms with van der Waals surface area (Å²) in [6.07, 6.45) is 1.95. The minimum atomic E-state index is -1.92. The van der Waals surface area contributed by atoms with Crippen molar-refractivity contribution in [1.29, 1.82) is 0 Å². The number of benzene rings is 1. The van der Waals surface area contributed by atoms with Gasteiger partial charge in [-0.3, -0.25) is 4.79 Å². The summed E-state index contributed by atoms with van der Waals surface area (Å²) < 4.78 is 22.5. The zero-order chi connectivity index (χ0) is 21.2. The fourth-order valence-electron chi connectivity index (χ4n) is 2.20. The number of rotatable bonds is 13. The smallest absolute Gasteiger partial charge is 0.192 e. The van der Waals surface area contributed by atoms with Gasteiger partial charge in [-0.1, -0.05) is 39.0 Å². The summed E-state index contributed by atoms with van der Waals surface area (Å²) in [5, 5.41) is 0.0986. The molecule has 0 aliphatic carbocycles. The lowest BCUT2D eigenvalue weighted by Crippen LogP contribution is -2.43. The van der Waals surface area contributed by atoms with Crippen LogP contribution in [-0.4, -0.2) is 41.2 Å². The number of hydrogen-bond donors (Lipinski definition) is 0. The Hall–Kier alpha value is -1.47. The second-order valence-electron chi connectivity index (χ2n) is 8.41. The van der Waals surface area contributed by atoms with Gasteiger partial charge in [0, 0.05) is 13.0 Å². The summed E-state index contributed by atoms with van der Waals surface area (Å²) >= 11 is 0. The molecule has 28 heavy (non-hydrogen) atoms. The van der Waals surface area contributed by atoms with Crippen LogP contribution in [0.4, 0.5) is 0 Å². The van der Waals surface area contributed by atoms with E-state index < -0.39 is 8.32 Å². The zero-order valence-electron chi connectivity index (χ0n) is 18.2. The van der Waals surface area contributed by atoms with Crippen molar-refractivity contribution in [2.75, 3.05) is 27.1 Å². The normalized spacial score (nSPS) is 13.2. The van der Waals surface area contributed by atoms with Gasteiger partial charge in [-0.2, -0.15) is 0 Å². The molecule has 6 heteroatoms. The minimum Gasteiger partial charge on any atom is -0.497 e. The largest absolute Gasteiger partial charge is 0.497 e. The number of hydrogen-bond acceptors (Lipinski definition) is 5. The third-order valence-corrected chi connectivity index (χ3v) is 9.67. The van der Waals surface area contributed by atoms with E-state index in [1.807, 2.05) is 24.3 Å². The Morgan fingerprint density at radius 1 is 1.14 bits per heavy atom. The molecule has 0 aliphatic rings. The second kappa shape index (κ2) is 11.5. The maximum Gasteiger partial charge on any atom is 0.192 e. The highest BCUT2D eigenvalue weighted by atomic mass is 28.4. The predicted octanol–water partition coefficient (Wildman–Crippen LogP) is 4.97. The molecule has 1 aromatic rings. The summed E-state index contributed by atoms with van der Waals surface area (Å²) in [4.78, 5) is 12.4. The van der Waals surface area contributed by atoms with Crippen LogP contribution >= 0.6 is 0 Å². The third kappa shape index (κ3) is 8.27. The molecule has 0 aromatic heterocycles. The van der Waals surface area contributed by atoms with Gasteiger partial charge in [0.25, 0.3) is 0 Å². The van der Waals surface area contributed by atoms with Crippen LogP contribution in [0.3, 0.4) is 0 Å². The van der Waals surface area contributed by atoms with Crippen LogP contribution in [0.2, 0.25) is 18.1 Å². The van der Waals surface area contributed by atoms with Crippen molar-refractivity contribution in [3.63, 3.8) is 0 Å². The molecule has 0 radical (unpaired) electrons. The summed E-state index contributed by atoms with van der Waals surface area (Å²) in [5.74, 6) is 0.589. The van der Waals surface area contributed by atoms with Gasteiger partial charge in [0.1, 0.15) is 18.3 Å². The first-order chi connectivity index (χ1) is 13.1. The molecule has 0 spiro atoms. The lowest BCUT2D eigenvalue weighted by Gasteiger charge is -2.37. The Bertz CT molecular complexity index is 604. The molecule has 0 unspecified atom stereocenters. The van der Waals surface area contributed by atoms with Gasteiger partial charge in [-0.15, -0.1) is 6.58 Å². The first-order valence-electron chi connectivity index (χ1n) is 9.66. The first-order valence-corrected chi connectivity index (χ1v) is 12.6. The van der Waals surface area contributed by atoms with Crippen molar-refractivity contribution in [2.45, 2.75) is 51.9 Å². The molecule has 1 aromatic carbocycles. The lowest BCUT2D eigenvalue weighted by molar-refractivity contribution is -0.129. The van der Waals surface area contributed by atoms with E-state index in [1.165, 1.54) is 0 Å². The molecular weight excluding hydrogens is 372 g/mol. The van der Waals surface area contributed by atoms with Crippen LogP contribution in [0.5, 0.6) is 5.75 Å². The van der Waals surface area contributed by atoms with Gasteiger partial charge < -0.3 is 18.6 Å². The van der Waals surface area contributed by atoms with Crippen molar-refractivity contribution in [1.82, 2.24) is 0 Å². The van der Waals surface area contributed by atoms with Crippen molar-refractivity contribution in [2.24, 2.45) is 5.92 Å². The van der Waals surface area contributed by atoms with Crippen LogP contribution in [-0.2, 0) is 25.3 Å². The minimum absolute atomic E-state index is 0.0869. The van der Waals surface area contributed by atoms with Gasteiger partial charge in [-0.05, 0) is 35.8 Å². The predicted molar refractivity (Wildman–Crippen MR) is 115 cm³/mol. The van der Waals surface area contributed by atoms with Crippen molar-refractivity contribution >= 4 is 14.1 Å². The molecule has 0 amide bonds. The van der Waals surface area contributed by atoms with E-state index >= 15 is 0 Å². The molecule has 0 fully saturated rings. The Morgan fingerprint density at radius 2 is 1.79 bits per heavy atom. The first kappa shape index (κ1) is 24.6. The molecular formula is C22H36O5Si. The van der Waals surface area contributed by atoms with Gasteiger partial charge in [0.05, 0.1) is 26.2 Å². The van der Waals surface area contributed by atoms with E-state index in [0.29, 0.717) is 19.6 Å². The number of carbonyl (C=O) groups is 1. The standard InChI is InChI=1S/C22H36O5Si/c1-8-9-21(23)19(16-27-28(6,7)22(2,3)4)15-26-17-25-14-18-10-12-20(24-5)13-11-18/h8,10-13,19H,1,9,14-17H2,2-7H3/t19-/m0/s1. The quantitative estimate of drug-likeness (QED) is 0.200. The van der Waals surface area contributed by atoms with E-state index in [-0.39, 0.29) is 30.1 Å². The lowest BCUT2D eigenvalue weighted by atomic mass is 10.0. The van der Waals surface area contributed by atoms with E-state index in [1.54, 1.807) is 13.2 Å². The number of carbonyl (C=O) groups excluding carboxylic acids is 1. The summed E-state index contributed by atoms with van der Waals surface area (Å²) in [6, 6.07) is 7.67. The fraction of sp³-hybridized carbons (Fsp3) is 0.591. The SMILES string of the molecule is C=CCC(=O)[C@@H](COCOCc1ccc(OC)cc1)CO[Si](C)(C)C(C)(C)C. The van der Waals surface area contributed by atoms with Crippen LogP contribution in [0.25, 0.3) is 0 Å². The Morgan fingerprint density at radius 3 is 2.32 bits per heavy atom. The van der Waals surface area contributed by atoms with Gasteiger partial charge in [-0.25, -0.2) is 0 Å². The monoisotopic (exact) mass is 408 g/mol. The van der Waals surface area contributed by atoms with Crippen LogP contribution < -0.4 is 4.74 Å². The van der Waals surface area contributed by atoms with Crippen LogP contribution in [0, 0.1) is 5.92 Å². The van der Waals surface area contributed by atoms with Crippen molar-refractivity contribution in [3.8, 4) is 5.75 Å².